The molecule has 0 amide bonds. The second-order valence-corrected chi connectivity index (χ2v) is 8.01. The van der Waals surface area contributed by atoms with Crippen LogP contribution in [0.1, 0.15) is 51.6 Å². The van der Waals surface area contributed by atoms with Gasteiger partial charge < -0.3 is 4.74 Å². The first kappa shape index (κ1) is 18.7. The van der Waals surface area contributed by atoms with E-state index in [1.165, 1.54) is 17.8 Å². The van der Waals surface area contributed by atoms with Crippen molar-refractivity contribution in [3.63, 3.8) is 0 Å². The predicted molar refractivity (Wildman–Crippen MR) is 99.8 cm³/mol. The lowest BCUT2D eigenvalue weighted by atomic mass is 9.98. The number of ether oxygens (including phenoxy) is 1. The Morgan fingerprint density at radius 1 is 1.46 bits per heavy atom. The Kier molecular flexibility index (Phi) is 5.20. The van der Waals surface area contributed by atoms with Gasteiger partial charge in [-0.25, -0.2) is 4.79 Å². The Balaban J connectivity index is 1.78. The second kappa shape index (κ2) is 7.25. The maximum Gasteiger partial charge on any atom is 0.357 e. The number of aromatic nitrogens is 2. The van der Waals surface area contributed by atoms with E-state index in [-0.39, 0.29) is 33.3 Å². The molecule has 1 N–H and O–H groups in total. The molecule has 26 heavy (non-hydrogen) atoms. The fourth-order valence-corrected chi connectivity index (χ4v) is 3.69. The molecule has 0 bridgehead atoms. The Bertz CT molecular complexity index is 880. The van der Waals surface area contributed by atoms with Crippen LogP contribution in [-0.2, 0) is 4.74 Å². The van der Waals surface area contributed by atoms with E-state index in [4.69, 9.17) is 16.3 Å². The Hall–Kier alpha value is -2.12. The molecule has 1 aromatic rings. The van der Waals surface area contributed by atoms with Crippen molar-refractivity contribution in [2.24, 2.45) is 0 Å². The van der Waals surface area contributed by atoms with Crippen LogP contribution >= 0.6 is 23.4 Å². The molecule has 2 aliphatic carbocycles. The Labute approximate surface area is 159 Å². The third-order valence-electron chi connectivity index (χ3n) is 3.99. The lowest BCUT2D eigenvalue weighted by Crippen LogP contribution is -2.19. The average molecular weight is 393 g/mol. The van der Waals surface area contributed by atoms with E-state index in [0.29, 0.717) is 12.2 Å². The van der Waals surface area contributed by atoms with Gasteiger partial charge in [0.2, 0.25) is 11.6 Å². The van der Waals surface area contributed by atoms with E-state index in [0.717, 1.165) is 5.57 Å². The van der Waals surface area contributed by atoms with Gasteiger partial charge in [0.15, 0.2) is 5.69 Å². The molecule has 8 heteroatoms. The zero-order valence-electron chi connectivity index (χ0n) is 14.3. The van der Waals surface area contributed by atoms with Crippen LogP contribution in [0.15, 0.2) is 34.8 Å². The zero-order valence-corrected chi connectivity index (χ0v) is 15.9. The SMILES string of the molecule is CCOC(=O)c1[nH]nc2c1C(=O)C(SCC1=CCC(C)(Cl)C=C1)=CC2=O. The van der Waals surface area contributed by atoms with Crippen LogP contribution in [0.5, 0.6) is 0 Å². The maximum atomic E-state index is 12.8. The average Bonchev–Trinajstić information content (AvgIpc) is 3.04. The number of alkyl halides is 1. The number of thioether (sulfide) groups is 1. The minimum Gasteiger partial charge on any atom is -0.461 e. The number of carbonyl (C=O) groups is 3. The normalized spacial score (nSPS) is 22.0. The number of hydrogen-bond acceptors (Lipinski definition) is 6. The van der Waals surface area contributed by atoms with Gasteiger partial charge in [-0.15, -0.1) is 23.4 Å². The molecule has 0 saturated carbocycles. The summed E-state index contributed by atoms with van der Waals surface area (Å²) >= 11 is 7.49. The smallest absolute Gasteiger partial charge is 0.357 e. The molecule has 3 rings (SSSR count). The van der Waals surface area contributed by atoms with Crippen molar-refractivity contribution in [1.82, 2.24) is 10.2 Å². The van der Waals surface area contributed by atoms with Crippen LogP contribution in [0.25, 0.3) is 0 Å². The van der Waals surface area contributed by atoms with Crippen LogP contribution < -0.4 is 0 Å². The van der Waals surface area contributed by atoms with Gasteiger partial charge in [-0.2, -0.15) is 5.10 Å². The summed E-state index contributed by atoms with van der Waals surface area (Å²) in [7, 11) is 0. The first-order chi connectivity index (χ1) is 12.3. The molecular weight excluding hydrogens is 376 g/mol. The number of Topliss-reactive ketones (excluding diaryl/α,β-unsaturated/α-hetero) is 1. The molecule has 0 fully saturated rings. The van der Waals surface area contributed by atoms with E-state index < -0.39 is 17.5 Å². The molecule has 0 spiro atoms. The molecule has 1 unspecified atom stereocenters. The van der Waals surface area contributed by atoms with E-state index in [1.807, 2.05) is 25.2 Å². The standard InChI is InChI=1S/C18H17ClN2O4S/c1-3-25-17(24)15-13-14(20-21-15)11(22)8-12(16(13)23)26-9-10-4-6-18(2,19)7-5-10/h4-6,8H,3,7,9H2,1-2H3,(H,20,21). The summed E-state index contributed by atoms with van der Waals surface area (Å²) in [4.78, 5) is 36.9. The van der Waals surface area contributed by atoms with Gasteiger partial charge in [-0.05, 0) is 25.8 Å². The number of esters is 1. The van der Waals surface area contributed by atoms with Gasteiger partial charge in [0.05, 0.1) is 21.9 Å². The van der Waals surface area contributed by atoms with Crippen molar-refractivity contribution in [2.45, 2.75) is 25.1 Å². The minimum absolute atomic E-state index is 0.0139. The number of allylic oxidation sites excluding steroid dienone is 5. The van der Waals surface area contributed by atoms with Crippen LogP contribution in [0, 0.1) is 0 Å². The number of halogens is 1. The first-order valence-electron chi connectivity index (χ1n) is 8.08. The van der Waals surface area contributed by atoms with Crippen molar-refractivity contribution in [3.05, 3.63) is 51.7 Å². The maximum absolute atomic E-state index is 12.8. The number of fused-ring (bicyclic) bond motifs is 1. The van der Waals surface area contributed by atoms with Gasteiger partial charge in [-0.3, -0.25) is 14.7 Å². The summed E-state index contributed by atoms with van der Waals surface area (Å²) < 4.78 is 4.92. The molecular formula is C18H17ClN2O4S. The molecule has 6 nitrogen and oxygen atoms in total. The van der Waals surface area contributed by atoms with Gasteiger partial charge in [0.1, 0.15) is 5.69 Å². The fraction of sp³-hybridized carbons (Fsp3) is 0.333. The first-order valence-corrected chi connectivity index (χ1v) is 9.45. The molecule has 136 valence electrons. The van der Waals surface area contributed by atoms with Crippen molar-refractivity contribution in [2.75, 3.05) is 12.4 Å². The molecule has 0 aliphatic heterocycles. The lowest BCUT2D eigenvalue weighted by molar-refractivity contribution is 0.0516. The third-order valence-corrected chi connectivity index (χ3v) is 5.37. The number of H-pyrrole nitrogens is 1. The summed E-state index contributed by atoms with van der Waals surface area (Å²) in [5.74, 6) is -0.983. The summed E-state index contributed by atoms with van der Waals surface area (Å²) in [6.45, 7) is 3.74. The molecule has 0 saturated heterocycles. The fourth-order valence-electron chi connectivity index (χ4n) is 2.59. The Morgan fingerprint density at radius 3 is 2.88 bits per heavy atom. The Morgan fingerprint density at radius 2 is 2.23 bits per heavy atom. The van der Waals surface area contributed by atoms with Gasteiger partial charge in [-0.1, -0.05) is 18.2 Å². The number of ketones is 2. The molecule has 1 aromatic heterocycles. The second-order valence-electron chi connectivity index (χ2n) is 6.13. The highest BCUT2D eigenvalue weighted by atomic mass is 35.5. The molecule has 1 atom stereocenters. The van der Waals surface area contributed by atoms with Crippen LogP contribution in [0.3, 0.4) is 0 Å². The number of nitrogens with one attached hydrogen (secondary N) is 1. The van der Waals surface area contributed by atoms with Gasteiger partial charge in [0, 0.05) is 11.8 Å². The summed E-state index contributed by atoms with van der Waals surface area (Å²) in [6.07, 6.45) is 7.82. The lowest BCUT2D eigenvalue weighted by Gasteiger charge is -2.20. The minimum atomic E-state index is -0.701. The van der Waals surface area contributed by atoms with Gasteiger partial charge in [0.25, 0.3) is 0 Å². The van der Waals surface area contributed by atoms with E-state index in [9.17, 15) is 14.4 Å². The van der Waals surface area contributed by atoms with E-state index >= 15 is 0 Å². The van der Waals surface area contributed by atoms with E-state index in [1.54, 1.807) is 6.92 Å². The number of aromatic amines is 1. The zero-order chi connectivity index (χ0) is 18.9. The summed E-state index contributed by atoms with van der Waals surface area (Å²) in [5.41, 5.74) is 0.885. The van der Waals surface area contributed by atoms with E-state index in [2.05, 4.69) is 10.2 Å². The van der Waals surface area contributed by atoms with Crippen LogP contribution in [-0.4, -0.2) is 45.0 Å². The quantitative estimate of drug-likeness (QED) is 0.609. The highest BCUT2D eigenvalue weighted by molar-refractivity contribution is 8.04. The molecule has 0 radical (unpaired) electrons. The number of rotatable bonds is 5. The van der Waals surface area contributed by atoms with Crippen LogP contribution in [0.4, 0.5) is 0 Å². The van der Waals surface area contributed by atoms with Gasteiger partial charge >= 0.3 is 5.97 Å². The summed E-state index contributed by atoms with van der Waals surface area (Å²) in [6, 6.07) is 0. The summed E-state index contributed by atoms with van der Waals surface area (Å²) in [5, 5.41) is 6.26. The monoisotopic (exact) mass is 392 g/mol. The molecule has 0 aromatic carbocycles. The number of nitrogens with zero attached hydrogens (tertiary/aromatic N) is 1. The number of hydrogen-bond donors (Lipinski definition) is 1. The highest BCUT2D eigenvalue weighted by Gasteiger charge is 2.34. The predicted octanol–water partition coefficient (Wildman–Crippen LogP) is 3.47. The highest BCUT2D eigenvalue weighted by Crippen LogP contribution is 2.33. The van der Waals surface area contributed by atoms with Crippen molar-refractivity contribution < 1.29 is 19.1 Å². The third kappa shape index (κ3) is 3.68. The van der Waals surface area contributed by atoms with Crippen molar-refractivity contribution in [1.29, 1.82) is 0 Å². The van der Waals surface area contributed by atoms with Crippen molar-refractivity contribution >= 4 is 40.9 Å². The van der Waals surface area contributed by atoms with Crippen molar-refractivity contribution in [3.8, 4) is 0 Å². The molecule has 1 heterocycles. The number of carbonyl (C=O) groups excluding carboxylic acids is 3. The largest absolute Gasteiger partial charge is 0.461 e. The topological polar surface area (TPSA) is 89.1 Å². The molecule has 2 aliphatic rings. The van der Waals surface area contributed by atoms with Crippen LogP contribution in [0.2, 0.25) is 0 Å².